The first-order valence-electron chi connectivity index (χ1n) is 6.91. The lowest BCUT2D eigenvalue weighted by atomic mass is 10.0. The molecule has 0 saturated carbocycles. The topological polar surface area (TPSA) is 80.4 Å². The van der Waals surface area contributed by atoms with Gasteiger partial charge in [-0.25, -0.2) is 4.79 Å². The van der Waals surface area contributed by atoms with Crippen molar-refractivity contribution >= 4 is 17.8 Å². The molecule has 0 aliphatic carbocycles. The van der Waals surface area contributed by atoms with E-state index in [1.165, 1.54) is 12.1 Å². The van der Waals surface area contributed by atoms with Gasteiger partial charge >= 0.3 is 5.97 Å². The van der Waals surface area contributed by atoms with Gasteiger partial charge in [0.2, 0.25) is 0 Å². The fourth-order valence-electron chi connectivity index (χ4n) is 2.11. The van der Waals surface area contributed by atoms with E-state index < -0.39 is 5.97 Å². The molecular weight excluding hydrogens is 278 g/mol. The quantitative estimate of drug-likeness (QED) is 0.634. The maximum atomic E-state index is 11.3. The molecular formula is C18H17NO3. The van der Waals surface area contributed by atoms with Crippen molar-refractivity contribution in [3.63, 3.8) is 0 Å². The first kappa shape index (κ1) is 15.7. The predicted octanol–water partition coefficient (Wildman–Crippen LogP) is 2.67. The minimum atomic E-state index is -1.01. The summed E-state index contributed by atoms with van der Waals surface area (Å²) in [5.74, 6) is -1.01. The normalized spacial score (nSPS) is 11.2. The number of benzene rings is 2. The van der Waals surface area contributed by atoms with E-state index in [1.54, 1.807) is 18.2 Å². The summed E-state index contributed by atoms with van der Waals surface area (Å²) < 4.78 is 0. The number of allylic oxidation sites excluding steroid dienone is 2. The molecule has 112 valence electrons. The Labute approximate surface area is 128 Å². The number of hydrogen-bond donors (Lipinski definition) is 2. The molecule has 0 unspecified atom stereocenters. The van der Waals surface area contributed by atoms with E-state index in [1.807, 2.05) is 24.3 Å². The van der Waals surface area contributed by atoms with Crippen LogP contribution in [0.5, 0.6) is 0 Å². The lowest BCUT2D eigenvalue weighted by Crippen LogP contribution is -1.98. The second-order valence-corrected chi connectivity index (χ2v) is 4.89. The van der Waals surface area contributed by atoms with E-state index in [0.29, 0.717) is 24.1 Å². The average Bonchev–Trinajstić information content (AvgIpc) is 2.56. The highest BCUT2D eigenvalue weighted by atomic mass is 16.4. The second kappa shape index (κ2) is 7.33. The molecule has 4 nitrogen and oxygen atoms in total. The monoisotopic (exact) mass is 295 g/mol. The van der Waals surface area contributed by atoms with Crippen molar-refractivity contribution in [3.05, 3.63) is 76.9 Å². The minimum Gasteiger partial charge on any atom is -0.478 e. The summed E-state index contributed by atoms with van der Waals surface area (Å²) in [6.45, 7) is 0.498. The van der Waals surface area contributed by atoms with Crippen LogP contribution in [0.2, 0.25) is 0 Å². The third-order valence-electron chi connectivity index (χ3n) is 3.39. The lowest BCUT2D eigenvalue weighted by molar-refractivity contribution is -0.103. The molecule has 0 heterocycles. The highest BCUT2D eigenvalue weighted by Crippen LogP contribution is 2.16. The van der Waals surface area contributed by atoms with Crippen molar-refractivity contribution in [1.29, 1.82) is 0 Å². The zero-order valence-electron chi connectivity index (χ0n) is 12.0. The third-order valence-corrected chi connectivity index (χ3v) is 3.39. The summed E-state index contributed by atoms with van der Waals surface area (Å²) in [7, 11) is 0. The Bertz CT molecular complexity index is 703. The number of carbonyl (C=O) groups excluding carboxylic acids is 1. The Morgan fingerprint density at radius 1 is 1.05 bits per heavy atom. The standard InChI is InChI=1S/C18H17NO3/c19-11-14-6-4-13(5-7-14)8-9-17(12-20)15-2-1-3-16(10-15)18(21)22/h1-7,9-10,12H,8,11,19H2,(H,21,22)/b17-9-. The predicted molar refractivity (Wildman–Crippen MR) is 85.5 cm³/mol. The molecule has 0 spiro atoms. The number of aromatic carboxylic acids is 1. The van der Waals surface area contributed by atoms with Crippen LogP contribution < -0.4 is 5.73 Å². The van der Waals surface area contributed by atoms with Crippen LogP contribution in [-0.2, 0) is 17.8 Å². The first-order valence-corrected chi connectivity index (χ1v) is 6.91. The zero-order valence-corrected chi connectivity index (χ0v) is 12.0. The van der Waals surface area contributed by atoms with Gasteiger partial charge in [0, 0.05) is 12.1 Å². The number of carboxylic acid groups (broad SMARTS) is 1. The SMILES string of the molecule is NCc1ccc(C/C=C(/C=O)c2cccc(C(=O)O)c2)cc1. The molecule has 0 amide bonds. The molecule has 4 heteroatoms. The maximum absolute atomic E-state index is 11.3. The van der Waals surface area contributed by atoms with Crippen molar-refractivity contribution < 1.29 is 14.7 Å². The number of hydrogen-bond acceptors (Lipinski definition) is 3. The Hall–Kier alpha value is -2.72. The van der Waals surface area contributed by atoms with Gasteiger partial charge in [-0.05, 0) is 35.2 Å². The Kier molecular flexibility index (Phi) is 5.22. The van der Waals surface area contributed by atoms with Gasteiger partial charge < -0.3 is 10.8 Å². The van der Waals surface area contributed by atoms with E-state index in [9.17, 15) is 9.59 Å². The summed E-state index contributed by atoms with van der Waals surface area (Å²) in [6.07, 6.45) is 3.14. The summed E-state index contributed by atoms with van der Waals surface area (Å²) in [5.41, 5.74) is 8.91. The fourth-order valence-corrected chi connectivity index (χ4v) is 2.11. The number of rotatable bonds is 6. The molecule has 0 aliphatic rings. The van der Waals surface area contributed by atoms with Crippen LogP contribution in [0, 0.1) is 0 Å². The molecule has 0 atom stereocenters. The van der Waals surface area contributed by atoms with Crippen molar-refractivity contribution in [2.24, 2.45) is 5.73 Å². The van der Waals surface area contributed by atoms with Gasteiger partial charge in [0.05, 0.1) is 5.56 Å². The van der Waals surface area contributed by atoms with Crippen LogP contribution in [-0.4, -0.2) is 17.4 Å². The fraction of sp³-hybridized carbons (Fsp3) is 0.111. The first-order chi connectivity index (χ1) is 10.6. The molecule has 0 aromatic heterocycles. The van der Waals surface area contributed by atoms with Gasteiger partial charge in [0.25, 0.3) is 0 Å². The van der Waals surface area contributed by atoms with Gasteiger partial charge in [-0.2, -0.15) is 0 Å². The van der Waals surface area contributed by atoms with Crippen LogP contribution in [0.25, 0.3) is 5.57 Å². The van der Waals surface area contributed by atoms with Crippen LogP contribution >= 0.6 is 0 Å². The molecule has 0 bridgehead atoms. The molecule has 2 aromatic carbocycles. The summed E-state index contributed by atoms with van der Waals surface area (Å²) in [5, 5.41) is 9.00. The van der Waals surface area contributed by atoms with E-state index in [0.717, 1.165) is 17.4 Å². The van der Waals surface area contributed by atoms with Gasteiger partial charge in [-0.15, -0.1) is 0 Å². The average molecular weight is 295 g/mol. The minimum absolute atomic E-state index is 0.164. The number of nitrogens with two attached hydrogens (primary N) is 1. The highest BCUT2D eigenvalue weighted by molar-refractivity contribution is 6.07. The van der Waals surface area contributed by atoms with Gasteiger partial charge in [-0.1, -0.05) is 42.5 Å². The number of carboxylic acids is 1. The zero-order chi connectivity index (χ0) is 15.9. The molecule has 22 heavy (non-hydrogen) atoms. The van der Waals surface area contributed by atoms with Crippen molar-refractivity contribution in [3.8, 4) is 0 Å². The maximum Gasteiger partial charge on any atom is 0.335 e. The number of carbonyl (C=O) groups is 2. The second-order valence-electron chi connectivity index (χ2n) is 4.89. The molecule has 3 N–H and O–H groups in total. The van der Waals surface area contributed by atoms with Gasteiger partial charge in [0.15, 0.2) is 0 Å². The van der Waals surface area contributed by atoms with E-state index >= 15 is 0 Å². The Balaban J connectivity index is 2.21. The third kappa shape index (κ3) is 3.90. The molecule has 0 aliphatic heterocycles. The van der Waals surface area contributed by atoms with Crippen LogP contribution in [0.15, 0.2) is 54.6 Å². The van der Waals surface area contributed by atoms with Crippen molar-refractivity contribution in [2.75, 3.05) is 0 Å². The van der Waals surface area contributed by atoms with Gasteiger partial charge in [-0.3, -0.25) is 4.79 Å². The van der Waals surface area contributed by atoms with Crippen molar-refractivity contribution in [1.82, 2.24) is 0 Å². The molecule has 0 fully saturated rings. The smallest absolute Gasteiger partial charge is 0.335 e. The summed E-state index contributed by atoms with van der Waals surface area (Å²) in [6, 6.07) is 14.2. The van der Waals surface area contributed by atoms with Crippen LogP contribution in [0.4, 0.5) is 0 Å². The lowest BCUT2D eigenvalue weighted by Gasteiger charge is -2.04. The molecule has 0 saturated heterocycles. The van der Waals surface area contributed by atoms with Gasteiger partial charge in [0.1, 0.15) is 6.29 Å². The van der Waals surface area contributed by atoms with Crippen LogP contribution in [0.3, 0.4) is 0 Å². The largest absolute Gasteiger partial charge is 0.478 e. The Morgan fingerprint density at radius 3 is 2.27 bits per heavy atom. The summed E-state index contributed by atoms with van der Waals surface area (Å²) >= 11 is 0. The van der Waals surface area contributed by atoms with Crippen molar-refractivity contribution in [2.45, 2.75) is 13.0 Å². The molecule has 0 radical (unpaired) electrons. The molecule has 2 aromatic rings. The van der Waals surface area contributed by atoms with E-state index in [4.69, 9.17) is 10.8 Å². The summed E-state index contributed by atoms with van der Waals surface area (Å²) in [4.78, 5) is 22.3. The van der Waals surface area contributed by atoms with E-state index in [2.05, 4.69) is 0 Å². The highest BCUT2D eigenvalue weighted by Gasteiger charge is 2.06. The Morgan fingerprint density at radius 2 is 1.68 bits per heavy atom. The number of aldehydes is 1. The molecule has 2 rings (SSSR count). The van der Waals surface area contributed by atoms with Crippen LogP contribution in [0.1, 0.15) is 27.0 Å². The van der Waals surface area contributed by atoms with E-state index in [-0.39, 0.29) is 5.56 Å².